The van der Waals surface area contributed by atoms with Gasteiger partial charge in [0.25, 0.3) is 0 Å². The lowest BCUT2D eigenvalue weighted by Gasteiger charge is -2.09. The molecule has 0 aliphatic rings. The predicted molar refractivity (Wildman–Crippen MR) is 76.1 cm³/mol. The summed E-state index contributed by atoms with van der Waals surface area (Å²) in [5, 5.41) is 11.7. The molecule has 0 saturated heterocycles. The van der Waals surface area contributed by atoms with Gasteiger partial charge in [-0.05, 0) is 41.5 Å². The topological polar surface area (TPSA) is 86.7 Å². The molecule has 7 heteroatoms. The van der Waals surface area contributed by atoms with Crippen LogP contribution in [0.3, 0.4) is 0 Å². The van der Waals surface area contributed by atoms with Gasteiger partial charge in [-0.2, -0.15) is 0 Å². The van der Waals surface area contributed by atoms with Crippen molar-refractivity contribution in [1.29, 1.82) is 0 Å². The summed E-state index contributed by atoms with van der Waals surface area (Å²) in [5.41, 5.74) is 9.68. The number of nitrogens with two attached hydrogens (primary N) is 1. The predicted octanol–water partition coefficient (Wildman–Crippen LogP) is 0.918. The molecule has 2 rings (SSSR count). The summed E-state index contributed by atoms with van der Waals surface area (Å²) in [5.74, 6) is 1.19. The molecule has 1 aromatic carbocycles. The second-order valence-electron chi connectivity index (χ2n) is 4.53. The minimum atomic E-state index is -0.869. The zero-order valence-electron chi connectivity index (χ0n) is 11.3. The van der Waals surface area contributed by atoms with E-state index in [9.17, 15) is 4.21 Å². The molecule has 0 aliphatic carbocycles. The Hall–Kier alpha value is -1.76. The van der Waals surface area contributed by atoms with Gasteiger partial charge in [0.1, 0.15) is 0 Å². The molecular weight excluding hydrogens is 262 g/mol. The average Bonchev–Trinajstić information content (AvgIpc) is 2.79. The van der Waals surface area contributed by atoms with Crippen LogP contribution in [-0.2, 0) is 17.3 Å². The number of aromatic nitrogens is 4. The van der Waals surface area contributed by atoms with Crippen LogP contribution in [0.2, 0.25) is 0 Å². The summed E-state index contributed by atoms with van der Waals surface area (Å²) in [6, 6.07) is 3.90. The Morgan fingerprint density at radius 3 is 2.74 bits per heavy atom. The van der Waals surface area contributed by atoms with Crippen molar-refractivity contribution < 1.29 is 4.21 Å². The molecule has 1 unspecified atom stereocenters. The first-order valence-corrected chi connectivity index (χ1v) is 7.65. The standard InChI is InChI=1S/C12H17N5OS/c1-8-6-9(2)11(13)7-10(8)12-14-15-16-17(12)4-5-19(3)18/h6-7H,4-5,13H2,1-3H3. The van der Waals surface area contributed by atoms with E-state index in [-0.39, 0.29) is 0 Å². The third-order valence-corrected chi connectivity index (χ3v) is 3.73. The maximum absolute atomic E-state index is 11.2. The zero-order valence-corrected chi connectivity index (χ0v) is 12.1. The quantitative estimate of drug-likeness (QED) is 0.841. The molecule has 0 bridgehead atoms. The van der Waals surface area contributed by atoms with Crippen LogP contribution in [0.1, 0.15) is 11.1 Å². The maximum Gasteiger partial charge on any atom is 0.182 e. The molecule has 2 N–H and O–H groups in total. The molecule has 6 nitrogen and oxygen atoms in total. The largest absolute Gasteiger partial charge is 0.398 e. The smallest absolute Gasteiger partial charge is 0.182 e. The van der Waals surface area contributed by atoms with Crippen LogP contribution in [0.5, 0.6) is 0 Å². The van der Waals surface area contributed by atoms with E-state index in [0.717, 1.165) is 16.7 Å². The fourth-order valence-corrected chi connectivity index (χ4v) is 2.30. The number of hydrogen-bond acceptors (Lipinski definition) is 5. The molecule has 0 aliphatic heterocycles. The highest BCUT2D eigenvalue weighted by molar-refractivity contribution is 7.84. The van der Waals surface area contributed by atoms with E-state index in [1.165, 1.54) is 0 Å². The van der Waals surface area contributed by atoms with Crippen molar-refractivity contribution in [2.45, 2.75) is 20.4 Å². The Balaban J connectivity index is 2.40. The van der Waals surface area contributed by atoms with E-state index in [1.807, 2.05) is 26.0 Å². The van der Waals surface area contributed by atoms with Gasteiger partial charge in [-0.1, -0.05) is 6.07 Å². The first kappa shape index (κ1) is 13.7. The van der Waals surface area contributed by atoms with Crippen LogP contribution in [0, 0.1) is 13.8 Å². The zero-order chi connectivity index (χ0) is 14.0. The normalized spacial score (nSPS) is 12.6. The molecule has 102 valence electrons. The van der Waals surface area contributed by atoms with Crippen molar-refractivity contribution >= 4 is 16.5 Å². The van der Waals surface area contributed by atoms with Crippen LogP contribution in [0.25, 0.3) is 11.4 Å². The van der Waals surface area contributed by atoms with Crippen LogP contribution in [0.4, 0.5) is 5.69 Å². The summed E-state index contributed by atoms with van der Waals surface area (Å²) < 4.78 is 12.8. The number of tetrazole rings is 1. The van der Waals surface area contributed by atoms with E-state index in [0.29, 0.717) is 23.8 Å². The van der Waals surface area contributed by atoms with Crippen LogP contribution in [0.15, 0.2) is 12.1 Å². The number of anilines is 1. The monoisotopic (exact) mass is 279 g/mol. The van der Waals surface area contributed by atoms with Crippen molar-refractivity contribution in [3.05, 3.63) is 23.3 Å². The fraction of sp³-hybridized carbons (Fsp3) is 0.417. The molecule has 1 aromatic heterocycles. The Labute approximate surface area is 114 Å². The van der Waals surface area contributed by atoms with E-state index >= 15 is 0 Å². The number of benzene rings is 1. The van der Waals surface area contributed by atoms with Gasteiger partial charge >= 0.3 is 0 Å². The lowest BCUT2D eigenvalue weighted by Crippen LogP contribution is -2.10. The van der Waals surface area contributed by atoms with Gasteiger partial charge in [0.15, 0.2) is 5.82 Å². The summed E-state index contributed by atoms with van der Waals surface area (Å²) in [6.07, 6.45) is 1.67. The van der Waals surface area contributed by atoms with Gasteiger partial charge < -0.3 is 5.73 Å². The SMILES string of the molecule is Cc1cc(C)c(-c2nnnn2CCS(C)=O)cc1N. The van der Waals surface area contributed by atoms with Crippen molar-refractivity contribution in [3.63, 3.8) is 0 Å². The van der Waals surface area contributed by atoms with E-state index in [1.54, 1.807) is 10.9 Å². The first-order chi connectivity index (χ1) is 8.99. The van der Waals surface area contributed by atoms with Gasteiger partial charge in [0.2, 0.25) is 0 Å². The number of nitrogen functional groups attached to an aromatic ring is 1. The highest BCUT2D eigenvalue weighted by atomic mass is 32.2. The summed E-state index contributed by atoms with van der Waals surface area (Å²) in [4.78, 5) is 0. The van der Waals surface area contributed by atoms with Crippen LogP contribution in [-0.4, -0.2) is 36.4 Å². The lowest BCUT2D eigenvalue weighted by molar-refractivity contribution is 0.625. The number of nitrogens with zero attached hydrogens (tertiary/aromatic N) is 4. The molecule has 1 atom stereocenters. The summed E-state index contributed by atoms with van der Waals surface area (Å²) in [6.45, 7) is 4.49. The molecule has 19 heavy (non-hydrogen) atoms. The second-order valence-corrected chi connectivity index (χ2v) is 6.08. The number of hydrogen-bond donors (Lipinski definition) is 1. The third kappa shape index (κ3) is 2.98. The minimum Gasteiger partial charge on any atom is -0.398 e. The molecule has 2 aromatic rings. The maximum atomic E-state index is 11.2. The molecule has 0 amide bonds. The van der Waals surface area contributed by atoms with E-state index in [2.05, 4.69) is 15.5 Å². The molecular formula is C12H17N5OS. The second kappa shape index (κ2) is 5.48. The molecule has 0 fully saturated rings. The average molecular weight is 279 g/mol. The van der Waals surface area contributed by atoms with Gasteiger partial charge in [0.05, 0.1) is 6.54 Å². The number of aryl methyl sites for hydroxylation is 3. The van der Waals surface area contributed by atoms with Gasteiger partial charge in [0, 0.05) is 34.1 Å². The molecule has 1 heterocycles. The molecule has 0 radical (unpaired) electrons. The molecule has 0 spiro atoms. The first-order valence-electron chi connectivity index (χ1n) is 5.92. The Kier molecular flexibility index (Phi) is 3.94. The Bertz CT molecular complexity index is 623. The van der Waals surface area contributed by atoms with Gasteiger partial charge in [-0.25, -0.2) is 4.68 Å². The van der Waals surface area contributed by atoms with Crippen molar-refractivity contribution in [2.24, 2.45) is 0 Å². The van der Waals surface area contributed by atoms with Gasteiger partial charge in [-0.3, -0.25) is 4.21 Å². The summed E-state index contributed by atoms with van der Waals surface area (Å²) >= 11 is 0. The van der Waals surface area contributed by atoms with Crippen molar-refractivity contribution in [1.82, 2.24) is 20.2 Å². The minimum absolute atomic E-state index is 0.526. The number of rotatable bonds is 4. The lowest BCUT2D eigenvalue weighted by atomic mass is 10.0. The highest BCUT2D eigenvalue weighted by Gasteiger charge is 2.13. The highest BCUT2D eigenvalue weighted by Crippen LogP contribution is 2.25. The van der Waals surface area contributed by atoms with E-state index in [4.69, 9.17) is 5.73 Å². The molecule has 0 saturated carbocycles. The fourth-order valence-electron chi connectivity index (χ4n) is 1.87. The Morgan fingerprint density at radius 1 is 1.32 bits per heavy atom. The van der Waals surface area contributed by atoms with Crippen LogP contribution < -0.4 is 5.73 Å². The Morgan fingerprint density at radius 2 is 2.05 bits per heavy atom. The van der Waals surface area contributed by atoms with Crippen molar-refractivity contribution in [2.75, 3.05) is 17.7 Å². The third-order valence-electron chi connectivity index (χ3n) is 2.98. The van der Waals surface area contributed by atoms with E-state index < -0.39 is 10.8 Å². The van der Waals surface area contributed by atoms with Crippen molar-refractivity contribution in [3.8, 4) is 11.4 Å². The van der Waals surface area contributed by atoms with Crippen LogP contribution >= 0.6 is 0 Å². The van der Waals surface area contributed by atoms with Gasteiger partial charge in [-0.15, -0.1) is 5.10 Å². The summed E-state index contributed by atoms with van der Waals surface area (Å²) in [7, 11) is -0.869.